The highest BCUT2D eigenvalue weighted by atomic mass is 16.6. The Balaban J connectivity index is 2.23. The highest BCUT2D eigenvalue weighted by Crippen LogP contribution is 2.41. The molecule has 8 nitrogen and oxygen atoms in total. The van der Waals surface area contributed by atoms with Crippen LogP contribution < -0.4 is 5.32 Å². The fourth-order valence-corrected chi connectivity index (χ4v) is 3.24. The highest BCUT2D eigenvalue weighted by molar-refractivity contribution is 6.01. The Bertz CT molecular complexity index is 1070. The van der Waals surface area contributed by atoms with Gasteiger partial charge in [-0.1, -0.05) is 12.1 Å². The molecule has 1 aliphatic heterocycles. The maximum atomic E-state index is 13.0. The molecule has 2 heterocycles. The molecule has 0 aliphatic carbocycles. The molecule has 8 heteroatoms. The van der Waals surface area contributed by atoms with Gasteiger partial charge < -0.3 is 14.8 Å². The molecule has 0 spiro atoms. The van der Waals surface area contributed by atoms with Gasteiger partial charge in [0.05, 0.1) is 34.3 Å². The van der Waals surface area contributed by atoms with Gasteiger partial charge in [0.15, 0.2) is 0 Å². The topological polar surface area (TPSA) is 104 Å². The molecule has 0 fully saturated rings. The number of carbonyl (C=O) groups excluding carboxylic acids is 2. The summed E-state index contributed by atoms with van der Waals surface area (Å²) in [6, 6.07) is 5.00. The van der Waals surface area contributed by atoms with E-state index in [0.29, 0.717) is 28.0 Å². The Kier molecular flexibility index (Phi) is 4.00. The number of benzene rings is 1. The fraction of sp³-hybridized carbons (Fsp3) is 0.368. The van der Waals surface area contributed by atoms with Crippen LogP contribution >= 0.6 is 0 Å². The number of fused-ring (bicyclic) bond motifs is 1. The lowest BCUT2D eigenvalue weighted by molar-refractivity contribution is -0.143. The molecule has 1 N–H and O–H groups in total. The van der Waals surface area contributed by atoms with Crippen LogP contribution in [0.5, 0.6) is 0 Å². The predicted octanol–water partition coefficient (Wildman–Crippen LogP) is 2.58. The number of carbonyl (C=O) groups is 2. The predicted molar refractivity (Wildman–Crippen MR) is 96.3 cm³/mol. The van der Waals surface area contributed by atoms with Crippen LogP contribution in [0.15, 0.2) is 45.4 Å². The number of rotatable bonds is 4. The highest BCUT2D eigenvalue weighted by Gasteiger charge is 2.39. The molecule has 27 heavy (non-hydrogen) atoms. The summed E-state index contributed by atoms with van der Waals surface area (Å²) in [7, 11) is -2.95. The zero-order chi connectivity index (χ0) is 22.2. The maximum absolute atomic E-state index is 13.0. The first kappa shape index (κ1) is 15.0. The third-order valence-electron chi connectivity index (χ3n) is 4.26. The normalized spacial score (nSPS) is 19.4. The molecular formula is C19H21N3O5. The van der Waals surface area contributed by atoms with E-state index in [0.717, 1.165) is 0 Å². The molecule has 1 aromatic carbocycles. The first-order valence-electron chi connectivity index (χ1n) is 9.83. The smallest absolute Gasteiger partial charge is 0.337 e. The van der Waals surface area contributed by atoms with Gasteiger partial charge in [-0.3, -0.25) is 0 Å². The van der Waals surface area contributed by atoms with Crippen LogP contribution in [0, 0.1) is 0 Å². The molecule has 0 amide bonds. The van der Waals surface area contributed by atoms with Gasteiger partial charge in [0, 0.05) is 11.4 Å². The van der Waals surface area contributed by atoms with Crippen molar-refractivity contribution in [2.24, 2.45) is 0 Å². The molecule has 1 unspecified atom stereocenters. The average molecular weight is 374 g/mol. The minimum Gasteiger partial charge on any atom is -0.466 e. The summed E-state index contributed by atoms with van der Waals surface area (Å²) < 4.78 is 36.8. The van der Waals surface area contributed by atoms with E-state index in [-0.39, 0.29) is 11.1 Å². The Hall–Kier alpha value is -3.16. The van der Waals surface area contributed by atoms with E-state index >= 15 is 0 Å². The molecular weight excluding hydrogens is 350 g/mol. The van der Waals surface area contributed by atoms with Crippen LogP contribution in [-0.2, 0) is 19.1 Å². The van der Waals surface area contributed by atoms with Gasteiger partial charge in [-0.2, -0.15) is 0 Å². The summed E-state index contributed by atoms with van der Waals surface area (Å²) >= 11 is 0. The number of hydrogen-bond donors (Lipinski definition) is 1. The molecule has 2 aromatic rings. The molecule has 142 valence electrons. The summed E-state index contributed by atoms with van der Waals surface area (Å²) in [4.78, 5) is 25.8. The molecule has 0 saturated heterocycles. The minimum absolute atomic E-state index is 0.0390. The molecule has 0 saturated carbocycles. The summed E-state index contributed by atoms with van der Waals surface area (Å²) in [5.41, 5.74) is 2.09. The standard InChI is InChI=1S/C19H21N3O5/c1-9(2)26-19(24)15-11(4)20-10(3)14(18(23)25-5)16(15)12-7-6-8-13-17(12)22-27-21-13/h6-9,16,20H,1-5H3/i5D3. The largest absolute Gasteiger partial charge is 0.466 e. The Labute approximate surface area is 160 Å². The Morgan fingerprint density at radius 2 is 1.89 bits per heavy atom. The van der Waals surface area contributed by atoms with Crippen molar-refractivity contribution < 1.29 is 27.8 Å². The van der Waals surface area contributed by atoms with E-state index in [4.69, 9.17) is 13.5 Å². The van der Waals surface area contributed by atoms with Crippen LogP contribution in [0.1, 0.15) is 43.3 Å². The zero-order valence-electron chi connectivity index (χ0n) is 18.3. The molecule has 0 bridgehead atoms. The lowest BCUT2D eigenvalue weighted by atomic mass is 9.80. The first-order valence-corrected chi connectivity index (χ1v) is 8.33. The van der Waals surface area contributed by atoms with Crippen LogP contribution in [0.2, 0.25) is 0 Å². The Morgan fingerprint density at radius 1 is 1.19 bits per heavy atom. The van der Waals surface area contributed by atoms with Crippen molar-refractivity contribution in [1.82, 2.24) is 15.6 Å². The average Bonchev–Trinajstić information content (AvgIpc) is 3.07. The summed E-state index contributed by atoms with van der Waals surface area (Å²) in [5, 5.41) is 10.7. The second kappa shape index (κ2) is 7.22. The fourth-order valence-electron chi connectivity index (χ4n) is 3.24. The van der Waals surface area contributed by atoms with Crippen LogP contribution in [-0.4, -0.2) is 35.4 Å². The van der Waals surface area contributed by atoms with Gasteiger partial charge in [0.25, 0.3) is 0 Å². The summed E-state index contributed by atoms with van der Waals surface area (Å²) in [6.07, 6.45) is -0.410. The van der Waals surface area contributed by atoms with E-state index in [2.05, 4.69) is 20.4 Å². The van der Waals surface area contributed by atoms with Crippen molar-refractivity contribution in [2.45, 2.75) is 39.7 Å². The van der Waals surface area contributed by atoms with Gasteiger partial charge >= 0.3 is 11.9 Å². The number of ether oxygens (including phenoxy) is 2. The van der Waals surface area contributed by atoms with Crippen LogP contribution in [0.4, 0.5) is 0 Å². The third-order valence-corrected chi connectivity index (χ3v) is 4.26. The number of hydrogen-bond acceptors (Lipinski definition) is 8. The van der Waals surface area contributed by atoms with Gasteiger partial charge in [0.1, 0.15) is 11.0 Å². The van der Waals surface area contributed by atoms with Gasteiger partial charge in [-0.25, -0.2) is 14.2 Å². The minimum atomic E-state index is -2.95. The van der Waals surface area contributed by atoms with E-state index in [1.807, 2.05) is 0 Å². The summed E-state index contributed by atoms with van der Waals surface area (Å²) in [5.74, 6) is -2.73. The molecule has 0 radical (unpaired) electrons. The van der Waals surface area contributed by atoms with Crippen molar-refractivity contribution in [3.8, 4) is 0 Å². The number of dihydropyridines is 1. The lowest BCUT2D eigenvalue weighted by Crippen LogP contribution is -2.33. The number of esters is 2. The number of nitrogens with zero attached hydrogens (tertiary/aromatic N) is 2. The monoisotopic (exact) mass is 374 g/mol. The number of allylic oxidation sites excluding steroid dienone is 2. The lowest BCUT2D eigenvalue weighted by Gasteiger charge is -2.30. The number of methoxy groups -OCH3 is 1. The maximum Gasteiger partial charge on any atom is 0.337 e. The molecule has 1 aliphatic rings. The second-order valence-corrected chi connectivity index (χ2v) is 6.46. The van der Waals surface area contributed by atoms with E-state index in [9.17, 15) is 9.59 Å². The van der Waals surface area contributed by atoms with E-state index in [1.54, 1.807) is 45.9 Å². The molecule has 1 atom stereocenters. The van der Waals surface area contributed by atoms with Crippen molar-refractivity contribution in [1.29, 1.82) is 0 Å². The summed E-state index contributed by atoms with van der Waals surface area (Å²) in [6.45, 7) is 6.66. The second-order valence-electron chi connectivity index (χ2n) is 6.46. The quantitative estimate of drug-likeness (QED) is 0.815. The van der Waals surface area contributed by atoms with Gasteiger partial charge in [-0.15, -0.1) is 0 Å². The van der Waals surface area contributed by atoms with E-state index in [1.165, 1.54) is 0 Å². The van der Waals surface area contributed by atoms with Crippen molar-refractivity contribution in [2.75, 3.05) is 7.04 Å². The molecule has 1 aromatic heterocycles. The van der Waals surface area contributed by atoms with Crippen molar-refractivity contribution in [3.63, 3.8) is 0 Å². The van der Waals surface area contributed by atoms with Crippen molar-refractivity contribution in [3.05, 3.63) is 46.3 Å². The van der Waals surface area contributed by atoms with Crippen molar-refractivity contribution >= 4 is 23.0 Å². The first-order chi connectivity index (χ1) is 14.0. The molecule has 3 rings (SSSR count). The number of aromatic nitrogens is 2. The zero-order valence-corrected chi connectivity index (χ0v) is 15.3. The van der Waals surface area contributed by atoms with Gasteiger partial charge in [0.2, 0.25) is 0 Å². The van der Waals surface area contributed by atoms with Gasteiger partial charge in [-0.05, 0) is 49.6 Å². The van der Waals surface area contributed by atoms with E-state index < -0.39 is 31.0 Å². The third kappa shape index (κ3) is 3.30. The number of nitrogens with one attached hydrogen (secondary N) is 1. The SMILES string of the molecule is [2H]C([2H])([2H])OC(=O)C1=C(C)NC(C)=C(C(=O)OC(C)C)C1c1cccc2nonc12. The Morgan fingerprint density at radius 3 is 2.56 bits per heavy atom. The van der Waals surface area contributed by atoms with Crippen LogP contribution in [0.3, 0.4) is 0 Å². The van der Waals surface area contributed by atoms with Crippen LogP contribution in [0.25, 0.3) is 11.0 Å².